The van der Waals surface area contributed by atoms with E-state index in [1.165, 1.54) is 30.8 Å². The van der Waals surface area contributed by atoms with Crippen LogP contribution in [-0.4, -0.2) is 53.4 Å². The van der Waals surface area contributed by atoms with Gasteiger partial charge >= 0.3 is 0 Å². The van der Waals surface area contributed by atoms with Crippen LogP contribution in [-0.2, 0) is 11.3 Å². The van der Waals surface area contributed by atoms with Crippen molar-refractivity contribution < 1.29 is 19.9 Å². The average Bonchev–Trinajstić information content (AvgIpc) is 2.81. The number of piperidine rings is 1. The van der Waals surface area contributed by atoms with E-state index in [2.05, 4.69) is 40.2 Å². The minimum atomic E-state index is -1.25. The van der Waals surface area contributed by atoms with Crippen molar-refractivity contribution in [1.82, 2.24) is 21.4 Å². The molecule has 166 valence electrons. The summed E-state index contributed by atoms with van der Waals surface area (Å²) in [6.07, 6.45) is 1.25. The maximum absolute atomic E-state index is 12.4. The number of benzene rings is 2. The van der Waals surface area contributed by atoms with Gasteiger partial charge in [-0.05, 0) is 55.1 Å². The predicted octanol–water partition coefficient (Wildman–Crippen LogP) is 1.18. The Balaban J connectivity index is 1.58. The Morgan fingerprint density at radius 3 is 2.29 bits per heavy atom. The number of nitrogens with one attached hydrogen (secondary N) is 4. The summed E-state index contributed by atoms with van der Waals surface area (Å²) in [6.45, 7) is 4.30. The van der Waals surface area contributed by atoms with E-state index < -0.39 is 24.0 Å². The number of carbonyl (C=O) groups excluding carboxylic acids is 2. The molecule has 1 heterocycles. The first-order valence-corrected chi connectivity index (χ1v) is 10.5. The Labute approximate surface area is 182 Å². The van der Waals surface area contributed by atoms with Crippen LogP contribution in [0, 0.1) is 0 Å². The highest BCUT2D eigenvalue weighted by molar-refractivity contribution is 5.97. The molecule has 2 aromatic rings. The van der Waals surface area contributed by atoms with Gasteiger partial charge in [0.05, 0.1) is 6.10 Å². The zero-order chi connectivity index (χ0) is 22.2. The van der Waals surface area contributed by atoms with E-state index in [-0.39, 0.29) is 0 Å². The molecule has 8 heteroatoms. The summed E-state index contributed by atoms with van der Waals surface area (Å²) in [5.74, 6) is -1.39. The van der Waals surface area contributed by atoms with Gasteiger partial charge in [-0.15, -0.1) is 0 Å². The average molecular weight is 427 g/mol. The van der Waals surface area contributed by atoms with Crippen LogP contribution < -0.4 is 21.4 Å². The van der Waals surface area contributed by atoms with E-state index in [0.717, 1.165) is 30.8 Å². The molecule has 2 aromatic carbocycles. The molecule has 31 heavy (non-hydrogen) atoms. The molecule has 1 saturated heterocycles. The van der Waals surface area contributed by atoms with Crippen LogP contribution in [0.3, 0.4) is 0 Å². The SMILES string of the molecule is C[C@@H](O)[C@H](NC(=O)c1ccc(-c2ccc(CNC3CCCNC3)cc2)cc1)C(=O)NO. The monoisotopic (exact) mass is 426 g/mol. The van der Waals surface area contributed by atoms with Crippen molar-refractivity contribution in [3.05, 3.63) is 59.7 Å². The van der Waals surface area contributed by atoms with Gasteiger partial charge < -0.3 is 21.1 Å². The molecule has 0 aliphatic carbocycles. The summed E-state index contributed by atoms with van der Waals surface area (Å²) >= 11 is 0. The number of hydroxylamine groups is 1. The Morgan fingerprint density at radius 1 is 1.10 bits per heavy atom. The van der Waals surface area contributed by atoms with Gasteiger partial charge in [0.1, 0.15) is 6.04 Å². The van der Waals surface area contributed by atoms with Gasteiger partial charge in [-0.25, -0.2) is 5.48 Å². The fourth-order valence-electron chi connectivity index (χ4n) is 3.62. The summed E-state index contributed by atoms with van der Waals surface area (Å²) < 4.78 is 0. The zero-order valence-electron chi connectivity index (χ0n) is 17.6. The third kappa shape index (κ3) is 6.35. The lowest BCUT2D eigenvalue weighted by Gasteiger charge is -2.24. The zero-order valence-corrected chi connectivity index (χ0v) is 17.6. The normalized spacial score (nSPS) is 18.1. The molecule has 0 radical (unpaired) electrons. The van der Waals surface area contributed by atoms with Gasteiger partial charge in [0.25, 0.3) is 11.8 Å². The molecular weight excluding hydrogens is 396 g/mol. The largest absolute Gasteiger partial charge is 0.391 e. The highest BCUT2D eigenvalue weighted by Crippen LogP contribution is 2.21. The number of aliphatic hydroxyl groups excluding tert-OH is 1. The molecular formula is C23H30N4O4. The Bertz CT molecular complexity index is 862. The van der Waals surface area contributed by atoms with E-state index in [1.807, 2.05) is 12.1 Å². The summed E-state index contributed by atoms with van der Waals surface area (Å²) in [5, 5.41) is 27.8. The number of rotatable bonds is 8. The first kappa shape index (κ1) is 22.9. The van der Waals surface area contributed by atoms with Gasteiger partial charge in [0.15, 0.2) is 0 Å². The smallest absolute Gasteiger partial charge is 0.268 e. The van der Waals surface area contributed by atoms with Gasteiger partial charge in [-0.3, -0.25) is 14.8 Å². The fourth-order valence-corrected chi connectivity index (χ4v) is 3.62. The van der Waals surface area contributed by atoms with Crippen LogP contribution >= 0.6 is 0 Å². The van der Waals surface area contributed by atoms with E-state index in [1.54, 1.807) is 12.1 Å². The van der Waals surface area contributed by atoms with Gasteiger partial charge in [-0.1, -0.05) is 36.4 Å². The summed E-state index contributed by atoms with van der Waals surface area (Å²) in [5.41, 5.74) is 5.02. The Kier molecular flexibility index (Phi) is 8.13. The van der Waals surface area contributed by atoms with Crippen molar-refractivity contribution in [2.75, 3.05) is 13.1 Å². The van der Waals surface area contributed by atoms with Crippen LogP contribution in [0.5, 0.6) is 0 Å². The molecule has 1 aliphatic heterocycles. The number of amides is 2. The topological polar surface area (TPSA) is 123 Å². The molecule has 3 atom stereocenters. The van der Waals surface area contributed by atoms with E-state index >= 15 is 0 Å². The molecule has 0 spiro atoms. The van der Waals surface area contributed by atoms with Crippen molar-refractivity contribution in [3.8, 4) is 11.1 Å². The Morgan fingerprint density at radius 2 is 1.74 bits per heavy atom. The highest BCUT2D eigenvalue weighted by Gasteiger charge is 2.25. The van der Waals surface area contributed by atoms with Crippen LogP contribution in [0.15, 0.2) is 48.5 Å². The minimum absolute atomic E-state index is 0.349. The number of aliphatic hydroxyl groups is 1. The molecule has 6 N–H and O–H groups in total. The molecule has 1 unspecified atom stereocenters. The van der Waals surface area contributed by atoms with Crippen molar-refractivity contribution in [3.63, 3.8) is 0 Å². The van der Waals surface area contributed by atoms with Gasteiger partial charge in [0, 0.05) is 24.7 Å². The quantitative estimate of drug-likeness (QED) is 0.278. The van der Waals surface area contributed by atoms with Gasteiger partial charge in [0.2, 0.25) is 0 Å². The summed E-state index contributed by atoms with van der Waals surface area (Å²) in [6, 6.07) is 14.6. The summed E-state index contributed by atoms with van der Waals surface area (Å²) in [7, 11) is 0. The van der Waals surface area contributed by atoms with Crippen LogP contribution in [0.4, 0.5) is 0 Å². The maximum Gasteiger partial charge on any atom is 0.268 e. The second kappa shape index (κ2) is 11.0. The highest BCUT2D eigenvalue weighted by atomic mass is 16.5. The maximum atomic E-state index is 12.4. The summed E-state index contributed by atoms with van der Waals surface area (Å²) in [4.78, 5) is 24.0. The molecule has 8 nitrogen and oxygen atoms in total. The lowest BCUT2D eigenvalue weighted by Crippen LogP contribution is -2.51. The first-order valence-electron chi connectivity index (χ1n) is 10.5. The van der Waals surface area contributed by atoms with E-state index in [4.69, 9.17) is 5.21 Å². The van der Waals surface area contributed by atoms with Crippen molar-refractivity contribution in [1.29, 1.82) is 0 Å². The van der Waals surface area contributed by atoms with Crippen LogP contribution in [0.2, 0.25) is 0 Å². The van der Waals surface area contributed by atoms with E-state index in [0.29, 0.717) is 11.6 Å². The number of carbonyl (C=O) groups is 2. The first-order chi connectivity index (χ1) is 15.0. The van der Waals surface area contributed by atoms with Crippen molar-refractivity contribution >= 4 is 11.8 Å². The standard InChI is InChI=1S/C23H30N4O4/c1-15(28)21(23(30)27-31)26-22(29)19-10-8-18(9-11-19)17-6-4-16(5-7-17)13-25-20-3-2-12-24-14-20/h4-11,15,20-21,24-25,28,31H,2-3,12-14H2,1H3,(H,26,29)(H,27,30)/t15-,20?,21+/m1/s1. The van der Waals surface area contributed by atoms with Gasteiger partial charge in [-0.2, -0.15) is 0 Å². The molecule has 0 bridgehead atoms. The molecule has 0 aromatic heterocycles. The fraction of sp³-hybridized carbons (Fsp3) is 0.391. The van der Waals surface area contributed by atoms with E-state index in [9.17, 15) is 14.7 Å². The number of hydrogen-bond donors (Lipinski definition) is 6. The van der Waals surface area contributed by atoms with Crippen molar-refractivity contribution in [2.24, 2.45) is 0 Å². The molecule has 3 rings (SSSR count). The number of hydrogen-bond acceptors (Lipinski definition) is 6. The minimum Gasteiger partial charge on any atom is -0.391 e. The van der Waals surface area contributed by atoms with Crippen LogP contribution in [0.25, 0.3) is 11.1 Å². The second-order valence-electron chi connectivity index (χ2n) is 7.87. The third-order valence-electron chi connectivity index (χ3n) is 5.49. The lowest BCUT2D eigenvalue weighted by molar-refractivity contribution is -0.133. The lowest BCUT2D eigenvalue weighted by atomic mass is 10.0. The Hall–Kier alpha value is -2.78. The molecule has 2 amide bonds. The predicted molar refractivity (Wildman–Crippen MR) is 117 cm³/mol. The third-order valence-corrected chi connectivity index (χ3v) is 5.49. The molecule has 0 saturated carbocycles. The van der Waals surface area contributed by atoms with Crippen LogP contribution in [0.1, 0.15) is 35.7 Å². The molecule has 1 fully saturated rings. The van der Waals surface area contributed by atoms with Crippen molar-refractivity contribution in [2.45, 2.75) is 44.5 Å². The molecule has 1 aliphatic rings. The second-order valence-corrected chi connectivity index (χ2v) is 7.87.